The lowest BCUT2D eigenvalue weighted by atomic mass is 9.90. The van der Waals surface area contributed by atoms with E-state index in [0.29, 0.717) is 18.7 Å². The topological polar surface area (TPSA) is 55.4 Å². The molecule has 0 aliphatic heterocycles. The fourth-order valence-corrected chi connectivity index (χ4v) is 2.16. The molecule has 1 aliphatic carbocycles. The van der Waals surface area contributed by atoms with Crippen LogP contribution in [0.4, 0.5) is 0 Å². The van der Waals surface area contributed by atoms with Crippen molar-refractivity contribution in [2.75, 3.05) is 13.2 Å². The van der Waals surface area contributed by atoms with E-state index in [1.54, 1.807) is 6.07 Å². The van der Waals surface area contributed by atoms with Crippen molar-refractivity contribution in [1.29, 1.82) is 0 Å². The Hall–Kier alpha value is -1.84. The predicted molar refractivity (Wildman–Crippen MR) is 72.5 cm³/mol. The number of amides is 1. The van der Waals surface area contributed by atoms with Gasteiger partial charge < -0.3 is 10.1 Å². The normalized spacial score (nSPS) is 13.8. The van der Waals surface area contributed by atoms with Crippen molar-refractivity contribution in [3.63, 3.8) is 0 Å². The van der Waals surface area contributed by atoms with Crippen LogP contribution in [0.25, 0.3) is 0 Å². The molecule has 4 nitrogen and oxygen atoms in total. The summed E-state index contributed by atoms with van der Waals surface area (Å²) in [6.07, 6.45) is 3.37. The van der Waals surface area contributed by atoms with Gasteiger partial charge >= 0.3 is 0 Å². The van der Waals surface area contributed by atoms with Crippen LogP contribution in [-0.4, -0.2) is 24.8 Å². The largest absolute Gasteiger partial charge is 0.484 e. The Bertz CT molecular complexity index is 482. The number of carbonyl (C=O) groups excluding carboxylic acids is 2. The van der Waals surface area contributed by atoms with Gasteiger partial charge in [0.2, 0.25) is 0 Å². The SMILES string of the molecule is CCCNC(=O)COc1ccc2c(c1)C(=O)CCC2. The number of ketones is 1. The number of ether oxygens (including phenoxy) is 1. The highest BCUT2D eigenvalue weighted by atomic mass is 16.5. The predicted octanol–water partition coefficient (Wildman–Crippen LogP) is 2.11. The summed E-state index contributed by atoms with van der Waals surface area (Å²) >= 11 is 0. The third-order valence-electron chi connectivity index (χ3n) is 3.17. The molecular formula is C15H19NO3. The van der Waals surface area contributed by atoms with E-state index in [9.17, 15) is 9.59 Å². The average Bonchev–Trinajstić information content (AvgIpc) is 2.43. The number of Topliss-reactive ketones (excluding diaryl/α,β-unsaturated/α-hetero) is 1. The van der Waals surface area contributed by atoms with Gasteiger partial charge in [-0.3, -0.25) is 9.59 Å². The maximum absolute atomic E-state index is 11.8. The van der Waals surface area contributed by atoms with E-state index in [4.69, 9.17) is 4.74 Å². The maximum Gasteiger partial charge on any atom is 0.257 e. The lowest BCUT2D eigenvalue weighted by Crippen LogP contribution is -2.29. The smallest absolute Gasteiger partial charge is 0.257 e. The van der Waals surface area contributed by atoms with E-state index >= 15 is 0 Å². The van der Waals surface area contributed by atoms with Crippen LogP contribution in [0.2, 0.25) is 0 Å². The van der Waals surface area contributed by atoms with Gasteiger partial charge in [0, 0.05) is 18.5 Å². The summed E-state index contributed by atoms with van der Waals surface area (Å²) in [5.74, 6) is 0.619. The van der Waals surface area contributed by atoms with Crippen molar-refractivity contribution < 1.29 is 14.3 Å². The molecule has 0 heterocycles. The van der Waals surface area contributed by atoms with Gasteiger partial charge in [-0.05, 0) is 37.0 Å². The van der Waals surface area contributed by atoms with Gasteiger partial charge in [-0.2, -0.15) is 0 Å². The van der Waals surface area contributed by atoms with Crippen LogP contribution in [0.1, 0.15) is 42.1 Å². The Labute approximate surface area is 113 Å². The molecule has 19 heavy (non-hydrogen) atoms. The highest BCUT2D eigenvalue weighted by molar-refractivity contribution is 5.98. The Morgan fingerprint density at radius 1 is 1.37 bits per heavy atom. The standard InChI is InChI=1S/C15H19NO3/c1-2-8-16-15(18)10-19-12-7-6-11-4-3-5-14(17)13(11)9-12/h6-7,9H,2-5,8,10H2,1H3,(H,16,18). The zero-order chi connectivity index (χ0) is 13.7. The summed E-state index contributed by atoms with van der Waals surface area (Å²) in [7, 11) is 0. The van der Waals surface area contributed by atoms with Gasteiger partial charge in [0.25, 0.3) is 5.91 Å². The molecule has 102 valence electrons. The minimum absolute atomic E-state index is 0.00697. The molecule has 0 radical (unpaired) electrons. The molecule has 1 aliphatic rings. The summed E-state index contributed by atoms with van der Waals surface area (Å²) in [5, 5.41) is 2.74. The summed E-state index contributed by atoms with van der Waals surface area (Å²) in [6, 6.07) is 5.50. The molecule has 0 aromatic heterocycles. The number of rotatable bonds is 5. The zero-order valence-corrected chi connectivity index (χ0v) is 11.2. The number of benzene rings is 1. The van der Waals surface area contributed by atoms with E-state index < -0.39 is 0 Å². The number of hydrogen-bond donors (Lipinski definition) is 1. The molecule has 1 aromatic carbocycles. The minimum atomic E-state index is -0.133. The van der Waals surface area contributed by atoms with Crippen LogP contribution in [0.15, 0.2) is 18.2 Å². The second kappa shape index (κ2) is 6.36. The van der Waals surface area contributed by atoms with Crippen LogP contribution >= 0.6 is 0 Å². The molecule has 0 saturated heterocycles. The average molecular weight is 261 g/mol. The third kappa shape index (κ3) is 3.56. The van der Waals surface area contributed by atoms with Crippen molar-refractivity contribution in [2.24, 2.45) is 0 Å². The van der Waals surface area contributed by atoms with Gasteiger partial charge in [-0.1, -0.05) is 13.0 Å². The molecule has 4 heteroatoms. The monoisotopic (exact) mass is 261 g/mol. The Kier molecular flexibility index (Phi) is 4.55. The van der Waals surface area contributed by atoms with Crippen LogP contribution < -0.4 is 10.1 Å². The molecular weight excluding hydrogens is 242 g/mol. The minimum Gasteiger partial charge on any atom is -0.484 e. The molecule has 1 amide bonds. The molecule has 0 saturated carbocycles. The first-order chi connectivity index (χ1) is 9.20. The zero-order valence-electron chi connectivity index (χ0n) is 11.2. The first-order valence-electron chi connectivity index (χ1n) is 6.76. The fraction of sp³-hybridized carbons (Fsp3) is 0.467. The summed E-state index contributed by atoms with van der Waals surface area (Å²) in [6.45, 7) is 2.65. The fourth-order valence-electron chi connectivity index (χ4n) is 2.16. The van der Waals surface area contributed by atoms with Gasteiger partial charge in [0.05, 0.1) is 0 Å². The van der Waals surface area contributed by atoms with Gasteiger partial charge in [0.15, 0.2) is 12.4 Å². The quantitative estimate of drug-likeness (QED) is 0.883. The molecule has 2 rings (SSSR count). The molecule has 0 fully saturated rings. The van der Waals surface area contributed by atoms with E-state index in [0.717, 1.165) is 30.4 Å². The van der Waals surface area contributed by atoms with Crippen molar-refractivity contribution in [3.05, 3.63) is 29.3 Å². The number of hydrogen-bond acceptors (Lipinski definition) is 3. The van der Waals surface area contributed by atoms with E-state index in [-0.39, 0.29) is 18.3 Å². The van der Waals surface area contributed by atoms with Crippen molar-refractivity contribution in [3.8, 4) is 5.75 Å². The van der Waals surface area contributed by atoms with E-state index in [2.05, 4.69) is 5.32 Å². The molecule has 0 atom stereocenters. The molecule has 1 aromatic rings. The number of aryl methyl sites for hydroxylation is 1. The Morgan fingerprint density at radius 2 is 2.21 bits per heavy atom. The second-order valence-electron chi connectivity index (χ2n) is 4.73. The first-order valence-corrected chi connectivity index (χ1v) is 6.76. The lowest BCUT2D eigenvalue weighted by Gasteiger charge is -2.15. The van der Waals surface area contributed by atoms with E-state index in [1.165, 1.54) is 0 Å². The molecule has 0 bridgehead atoms. The first kappa shape index (κ1) is 13.6. The van der Waals surface area contributed by atoms with Gasteiger partial charge in [0.1, 0.15) is 5.75 Å². The van der Waals surface area contributed by atoms with Gasteiger partial charge in [-0.15, -0.1) is 0 Å². The van der Waals surface area contributed by atoms with Crippen molar-refractivity contribution in [2.45, 2.75) is 32.6 Å². The Balaban J connectivity index is 1.96. The van der Waals surface area contributed by atoms with Crippen LogP contribution in [0.5, 0.6) is 5.75 Å². The number of nitrogens with one attached hydrogen (secondary N) is 1. The molecule has 0 unspecified atom stereocenters. The lowest BCUT2D eigenvalue weighted by molar-refractivity contribution is -0.123. The van der Waals surface area contributed by atoms with Crippen LogP contribution in [0, 0.1) is 0 Å². The highest BCUT2D eigenvalue weighted by Crippen LogP contribution is 2.25. The summed E-state index contributed by atoms with van der Waals surface area (Å²) in [5.41, 5.74) is 1.83. The number of carbonyl (C=O) groups is 2. The van der Waals surface area contributed by atoms with E-state index in [1.807, 2.05) is 19.1 Å². The van der Waals surface area contributed by atoms with Crippen LogP contribution in [-0.2, 0) is 11.2 Å². The van der Waals surface area contributed by atoms with Crippen LogP contribution in [0.3, 0.4) is 0 Å². The number of fused-ring (bicyclic) bond motifs is 1. The highest BCUT2D eigenvalue weighted by Gasteiger charge is 2.17. The molecule has 0 spiro atoms. The molecule has 1 N–H and O–H groups in total. The van der Waals surface area contributed by atoms with Crippen molar-refractivity contribution in [1.82, 2.24) is 5.32 Å². The summed E-state index contributed by atoms with van der Waals surface area (Å²) in [4.78, 5) is 23.2. The van der Waals surface area contributed by atoms with Crippen molar-refractivity contribution >= 4 is 11.7 Å². The maximum atomic E-state index is 11.8. The van der Waals surface area contributed by atoms with Gasteiger partial charge in [-0.25, -0.2) is 0 Å². The second-order valence-corrected chi connectivity index (χ2v) is 4.73. The third-order valence-corrected chi connectivity index (χ3v) is 3.17. The summed E-state index contributed by atoms with van der Waals surface area (Å²) < 4.78 is 5.41. The Morgan fingerprint density at radius 3 is 3.00 bits per heavy atom.